The summed E-state index contributed by atoms with van der Waals surface area (Å²) in [6, 6.07) is 0. The summed E-state index contributed by atoms with van der Waals surface area (Å²) in [4.78, 5) is 4.58. The van der Waals surface area contributed by atoms with E-state index >= 15 is 0 Å². The van der Waals surface area contributed by atoms with Crippen molar-refractivity contribution in [2.24, 2.45) is 5.84 Å². The van der Waals surface area contributed by atoms with Crippen molar-refractivity contribution in [3.63, 3.8) is 0 Å². The third-order valence-corrected chi connectivity index (χ3v) is 0.578. The van der Waals surface area contributed by atoms with Crippen molar-refractivity contribution in [2.75, 3.05) is 6.54 Å². The molecular weight excluding hydrogens is 80.0 g/mol. The standard InChI is InChI=1S/C3H6N2O/c4-5-2-1-3-6-5/h1,3H,2,4H2. The van der Waals surface area contributed by atoms with Crippen LogP contribution in [0.1, 0.15) is 0 Å². The van der Waals surface area contributed by atoms with Crippen LogP contribution in [0.2, 0.25) is 0 Å². The first-order valence-corrected chi connectivity index (χ1v) is 1.73. The molecule has 0 aliphatic carbocycles. The summed E-state index contributed by atoms with van der Waals surface area (Å²) in [5.74, 6) is 5.08. The van der Waals surface area contributed by atoms with Gasteiger partial charge < -0.3 is 4.84 Å². The van der Waals surface area contributed by atoms with Gasteiger partial charge in [0.1, 0.15) is 6.26 Å². The molecule has 0 radical (unpaired) electrons. The van der Waals surface area contributed by atoms with Crippen LogP contribution in [0, 0.1) is 0 Å². The molecule has 6 heavy (non-hydrogen) atoms. The summed E-state index contributed by atoms with van der Waals surface area (Å²) in [6.07, 6.45) is 3.39. The zero-order valence-electron chi connectivity index (χ0n) is 3.29. The molecule has 1 rings (SSSR count). The number of hydrazine groups is 1. The Labute approximate surface area is 35.9 Å². The average Bonchev–Trinajstić information content (AvgIpc) is 1.86. The summed E-state index contributed by atoms with van der Waals surface area (Å²) in [6.45, 7) is 0.694. The number of hydrogen-bond acceptors (Lipinski definition) is 3. The van der Waals surface area contributed by atoms with Crippen LogP contribution >= 0.6 is 0 Å². The van der Waals surface area contributed by atoms with Crippen molar-refractivity contribution in [3.8, 4) is 0 Å². The zero-order chi connectivity index (χ0) is 4.41. The molecule has 0 saturated carbocycles. The van der Waals surface area contributed by atoms with Crippen molar-refractivity contribution in [2.45, 2.75) is 0 Å². The van der Waals surface area contributed by atoms with Gasteiger partial charge in [-0.05, 0) is 6.08 Å². The predicted molar refractivity (Wildman–Crippen MR) is 21.1 cm³/mol. The van der Waals surface area contributed by atoms with Crippen molar-refractivity contribution in [1.82, 2.24) is 5.17 Å². The zero-order valence-corrected chi connectivity index (χ0v) is 3.29. The van der Waals surface area contributed by atoms with Gasteiger partial charge in [0, 0.05) is 0 Å². The fourth-order valence-corrected chi connectivity index (χ4v) is 0.311. The maximum atomic E-state index is 5.08. The summed E-state index contributed by atoms with van der Waals surface area (Å²) in [7, 11) is 0. The Morgan fingerprint density at radius 2 is 2.67 bits per heavy atom. The van der Waals surface area contributed by atoms with E-state index in [0.29, 0.717) is 6.54 Å². The van der Waals surface area contributed by atoms with Gasteiger partial charge in [-0.25, -0.2) is 5.84 Å². The van der Waals surface area contributed by atoms with E-state index in [4.69, 9.17) is 5.84 Å². The summed E-state index contributed by atoms with van der Waals surface area (Å²) in [5.41, 5.74) is 0. The minimum atomic E-state index is 0.694. The number of nitrogens with two attached hydrogens (primary N) is 1. The quantitative estimate of drug-likeness (QED) is 0.408. The maximum Gasteiger partial charge on any atom is 0.110 e. The lowest BCUT2D eigenvalue weighted by Crippen LogP contribution is -2.25. The third kappa shape index (κ3) is 0.502. The molecule has 3 nitrogen and oxygen atoms in total. The van der Waals surface area contributed by atoms with Crippen molar-refractivity contribution >= 4 is 0 Å². The maximum absolute atomic E-state index is 5.08. The second-order valence-electron chi connectivity index (χ2n) is 1.08. The Bertz CT molecular complexity index is 63.2. The molecule has 1 aliphatic rings. The normalized spacial score (nSPS) is 21.5. The first-order valence-electron chi connectivity index (χ1n) is 1.73. The molecule has 0 atom stereocenters. The van der Waals surface area contributed by atoms with Crippen LogP contribution in [0.4, 0.5) is 0 Å². The average molecular weight is 86.1 g/mol. The van der Waals surface area contributed by atoms with Gasteiger partial charge in [-0.2, -0.15) is 0 Å². The van der Waals surface area contributed by atoms with E-state index in [-0.39, 0.29) is 0 Å². The van der Waals surface area contributed by atoms with E-state index in [1.54, 1.807) is 6.26 Å². The van der Waals surface area contributed by atoms with Crippen molar-refractivity contribution < 1.29 is 4.84 Å². The number of rotatable bonds is 0. The van der Waals surface area contributed by atoms with E-state index in [1.165, 1.54) is 5.17 Å². The second kappa shape index (κ2) is 1.28. The SMILES string of the molecule is NN1CC=CO1. The molecule has 0 aromatic rings. The van der Waals surface area contributed by atoms with Crippen LogP contribution in [0.25, 0.3) is 0 Å². The van der Waals surface area contributed by atoms with Crippen molar-refractivity contribution in [1.29, 1.82) is 0 Å². The van der Waals surface area contributed by atoms with E-state index < -0.39 is 0 Å². The van der Waals surface area contributed by atoms with Gasteiger partial charge in [-0.1, -0.05) is 5.17 Å². The molecule has 1 aliphatic heterocycles. The summed E-state index contributed by atoms with van der Waals surface area (Å²) < 4.78 is 0. The summed E-state index contributed by atoms with van der Waals surface area (Å²) in [5, 5.41) is 1.25. The Morgan fingerprint density at radius 3 is 2.83 bits per heavy atom. The van der Waals surface area contributed by atoms with E-state index in [9.17, 15) is 0 Å². The molecule has 0 unspecified atom stereocenters. The van der Waals surface area contributed by atoms with Gasteiger partial charge in [0.05, 0.1) is 6.54 Å². The van der Waals surface area contributed by atoms with Crippen LogP contribution < -0.4 is 5.84 Å². The van der Waals surface area contributed by atoms with Crippen LogP contribution in [-0.2, 0) is 4.84 Å². The minimum Gasteiger partial charge on any atom is -0.399 e. The third-order valence-electron chi connectivity index (χ3n) is 0.578. The van der Waals surface area contributed by atoms with Crippen LogP contribution in [0.5, 0.6) is 0 Å². The van der Waals surface area contributed by atoms with E-state index in [2.05, 4.69) is 4.84 Å². The van der Waals surface area contributed by atoms with Crippen molar-refractivity contribution in [3.05, 3.63) is 12.3 Å². The molecule has 1 heterocycles. The first-order chi connectivity index (χ1) is 2.89. The smallest absolute Gasteiger partial charge is 0.110 e. The Hall–Kier alpha value is -0.540. The second-order valence-corrected chi connectivity index (χ2v) is 1.08. The van der Waals surface area contributed by atoms with Gasteiger partial charge in [-0.3, -0.25) is 0 Å². The van der Waals surface area contributed by atoms with Gasteiger partial charge in [0.25, 0.3) is 0 Å². The molecule has 0 fully saturated rings. The molecule has 0 aromatic carbocycles. The predicted octanol–water partition coefficient (Wildman–Crippen LogP) is -0.379. The van der Waals surface area contributed by atoms with Gasteiger partial charge in [0.2, 0.25) is 0 Å². The van der Waals surface area contributed by atoms with E-state index in [1.807, 2.05) is 6.08 Å². The molecule has 0 amide bonds. The highest BCUT2D eigenvalue weighted by Crippen LogP contribution is 1.90. The highest BCUT2D eigenvalue weighted by molar-refractivity contribution is 4.78. The molecule has 0 spiro atoms. The first kappa shape index (κ1) is 3.64. The summed E-state index contributed by atoms with van der Waals surface area (Å²) >= 11 is 0. The number of nitrogens with zero attached hydrogens (tertiary/aromatic N) is 1. The van der Waals surface area contributed by atoms with Gasteiger partial charge >= 0.3 is 0 Å². The molecule has 0 bridgehead atoms. The van der Waals surface area contributed by atoms with Gasteiger partial charge in [0.15, 0.2) is 0 Å². The lowest BCUT2D eigenvalue weighted by atomic mass is 10.7. The molecule has 2 N–H and O–H groups in total. The largest absolute Gasteiger partial charge is 0.399 e. The molecule has 3 heteroatoms. The Balaban J connectivity index is 2.32. The highest BCUT2D eigenvalue weighted by Gasteiger charge is 1.96. The molecule has 0 aromatic heterocycles. The van der Waals surface area contributed by atoms with Crippen LogP contribution in [-0.4, -0.2) is 11.7 Å². The Kier molecular flexibility index (Phi) is 0.777. The topological polar surface area (TPSA) is 38.5 Å². The number of hydrogen-bond donors (Lipinski definition) is 1. The Morgan fingerprint density at radius 1 is 1.83 bits per heavy atom. The fraction of sp³-hybridized carbons (Fsp3) is 0.333. The molecular formula is C3H6N2O. The van der Waals surface area contributed by atoms with Crippen LogP contribution in [0.3, 0.4) is 0 Å². The highest BCUT2D eigenvalue weighted by atomic mass is 16.7. The minimum absolute atomic E-state index is 0.694. The van der Waals surface area contributed by atoms with E-state index in [0.717, 1.165) is 0 Å². The lowest BCUT2D eigenvalue weighted by Gasteiger charge is -2.02. The van der Waals surface area contributed by atoms with Crippen LogP contribution in [0.15, 0.2) is 12.3 Å². The fourth-order valence-electron chi connectivity index (χ4n) is 0.311. The molecule has 34 valence electrons. The lowest BCUT2D eigenvalue weighted by molar-refractivity contribution is -0.0771. The van der Waals surface area contributed by atoms with Gasteiger partial charge in [-0.15, -0.1) is 0 Å². The number of hydroxylamine groups is 1. The monoisotopic (exact) mass is 86.0 g/mol. The molecule has 0 saturated heterocycles.